The molecule has 3 fully saturated rings. The molecule has 0 aromatic rings. The Morgan fingerprint density at radius 2 is 1.70 bits per heavy atom. The van der Waals surface area contributed by atoms with Gasteiger partial charge in [-0.2, -0.15) is 0 Å². The van der Waals surface area contributed by atoms with Crippen LogP contribution in [0.3, 0.4) is 0 Å². The fourth-order valence-electron chi connectivity index (χ4n) is 5.11. The molecule has 0 heterocycles. The third-order valence-electron chi connectivity index (χ3n) is 6.34. The zero-order valence-electron chi connectivity index (χ0n) is 12.8. The van der Waals surface area contributed by atoms with Crippen molar-refractivity contribution in [3.05, 3.63) is 0 Å². The minimum Gasteiger partial charge on any atom is -0.481 e. The van der Waals surface area contributed by atoms with Crippen LogP contribution in [0.4, 0.5) is 0 Å². The second kappa shape index (κ2) is 5.67. The molecule has 4 atom stereocenters. The van der Waals surface area contributed by atoms with E-state index in [0.717, 1.165) is 24.7 Å². The first-order valence-corrected chi connectivity index (χ1v) is 8.55. The van der Waals surface area contributed by atoms with Gasteiger partial charge < -0.3 is 10.4 Å². The summed E-state index contributed by atoms with van der Waals surface area (Å²) in [6.45, 7) is 4.66. The zero-order valence-corrected chi connectivity index (χ0v) is 12.8. The standard InChI is InChI=1S/C17H29NO2/c1-10(2)11-5-7-14(8-6-11)18-16-13-4-3-12(9-13)15(16)17(19)20/h10-16,18H,3-9H2,1-2H3,(H,19,20). The third kappa shape index (κ3) is 2.61. The van der Waals surface area contributed by atoms with E-state index in [4.69, 9.17) is 0 Å². The number of rotatable bonds is 4. The molecule has 3 saturated carbocycles. The molecule has 3 aliphatic carbocycles. The molecule has 3 rings (SSSR count). The SMILES string of the molecule is CC(C)C1CCC(NC2C3CCC(C3)C2C(=O)O)CC1. The third-order valence-corrected chi connectivity index (χ3v) is 6.34. The maximum Gasteiger partial charge on any atom is 0.308 e. The van der Waals surface area contributed by atoms with Crippen LogP contribution in [0.15, 0.2) is 0 Å². The summed E-state index contributed by atoms with van der Waals surface area (Å²) in [5.41, 5.74) is 0. The molecule has 2 N–H and O–H groups in total. The Bertz CT molecular complexity index is 360. The van der Waals surface area contributed by atoms with Gasteiger partial charge in [-0.05, 0) is 68.6 Å². The lowest BCUT2D eigenvalue weighted by molar-refractivity contribution is -0.144. The predicted molar refractivity (Wildman–Crippen MR) is 79.5 cm³/mol. The van der Waals surface area contributed by atoms with E-state index in [1.54, 1.807) is 0 Å². The van der Waals surface area contributed by atoms with E-state index in [2.05, 4.69) is 19.2 Å². The summed E-state index contributed by atoms with van der Waals surface area (Å²) in [6.07, 6.45) is 8.64. The molecular weight excluding hydrogens is 250 g/mol. The van der Waals surface area contributed by atoms with Gasteiger partial charge in [-0.1, -0.05) is 13.8 Å². The van der Waals surface area contributed by atoms with Gasteiger partial charge in [0.05, 0.1) is 5.92 Å². The molecule has 4 unspecified atom stereocenters. The summed E-state index contributed by atoms with van der Waals surface area (Å²) in [5, 5.41) is 13.3. The van der Waals surface area contributed by atoms with Gasteiger partial charge in [0.1, 0.15) is 0 Å². The van der Waals surface area contributed by atoms with Crippen LogP contribution < -0.4 is 5.32 Å². The van der Waals surface area contributed by atoms with Crippen molar-refractivity contribution in [1.29, 1.82) is 0 Å². The highest BCUT2D eigenvalue weighted by atomic mass is 16.4. The van der Waals surface area contributed by atoms with Crippen LogP contribution in [-0.4, -0.2) is 23.2 Å². The monoisotopic (exact) mass is 279 g/mol. The molecule has 3 aliphatic rings. The number of fused-ring (bicyclic) bond motifs is 2. The van der Waals surface area contributed by atoms with Crippen molar-refractivity contribution in [2.75, 3.05) is 0 Å². The van der Waals surface area contributed by atoms with Gasteiger partial charge in [-0.25, -0.2) is 0 Å². The number of carbonyl (C=O) groups is 1. The maximum atomic E-state index is 11.5. The lowest BCUT2D eigenvalue weighted by atomic mass is 9.78. The number of carboxylic acids is 1. The first-order chi connectivity index (χ1) is 9.56. The quantitative estimate of drug-likeness (QED) is 0.830. The van der Waals surface area contributed by atoms with Crippen LogP contribution in [-0.2, 0) is 4.79 Å². The molecule has 0 radical (unpaired) electrons. The van der Waals surface area contributed by atoms with Gasteiger partial charge in [0.15, 0.2) is 0 Å². The second-order valence-corrected chi connectivity index (χ2v) is 7.75. The summed E-state index contributed by atoms with van der Waals surface area (Å²) in [5.74, 6) is 2.07. The topological polar surface area (TPSA) is 49.3 Å². The molecule has 114 valence electrons. The van der Waals surface area contributed by atoms with Crippen LogP contribution >= 0.6 is 0 Å². The van der Waals surface area contributed by atoms with Gasteiger partial charge in [-0.15, -0.1) is 0 Å². The van der Waals surface area contributed by atoms with Gasteiger partial charge in [0, 0.05) is 12.1 Å². The van der Waals surface area contributed by atoms with Gasteiger partial charge in [0.25, 0.3) is 0 Å². The van der Waals surface area contributed by atoms with Crippen molar-refractivity contribution in [1.82, 2.24) is 5.32 Å². The summed E-state index contributed by atoms with van der Waals surface area (Å²) in [4.78, 5) is 11.5. The van der Waals surface area contributed by atoms with Crippen LogP contribution in [0.2, 0.25) is 0 Å². The number of hydrogen-bond acceptors (Lipinski definition) is 2. The molecular formula is C17H29NO2. The predicted octanol–water partition coefficient (Wildman–Crippen LogP) is 3.29. The summed E-state index contributed by atoms with van der Waals surface area (Å²) >= 11 is 0. The number of carboxylic acid groups (broad SMARTS) is 1. The zero-order chi connectivity index (χ0) is 14.3. The van der Waals surface area contributed by atoms with Crippen LogP contribution in [0, 0.1) is 29.6 Å². The lowest BCUT2D eigenvalue weighted by Gasteiger charge is -2.37. The average molecular weight is 279 g/mol. The largest absolute Gasteiger partial charge is 0.481 e. The molecule has 0 aromatic carbocycles. The second-order valence-electron chi connectivity index (χ2n) is 7.75. The maximum absolute atomic E-state index is 11.5. The molecule has 0 aliphatic heterocycles. The van der Waals surface area contributed by atoms with Crippen molar-refractivity contribution in [2.45, 2.75) is 70.9 Å². The molecule has 0 amide bonds. The Kier molecular flexibility index (Phi) is 4.07. The number of aliphatic carboxylic acids is 1. The van der Waals surface area contributed by atoms with E-state index in [0.29, 0.717) is 17.9 Å². The Labute approximate surface area is 122 Å². The minimum absolute atomic E-state index is 0.114. The normalized spacial score (nSPS) is 44.1. The Morgan fingerprint density at radius 3 is 2.30 bits per heavy atom. The van der Waals surface area contributed by atoms with Gasteiger partial charge in [-0.3, -0.25) is 4.79 Å². The average Bonchev–Trinajstić information content (AvgIpc) is 3.00. The Hall–Kier alpha value is -0.570. The smallest absolute Gasteiger partial charge is 0.308 e. The van der Waals surface area contributed by atoms with Gasteiger partial charge in [0.2, 0.25) is 0 Å². The van der Waals surface area contributed by atoms with E-state index in [-0.39, 0.29) is 12.0 Å². The van der Waals surface area contributed by atoms with Crippen molar-refractivity contribution >= 4 is 5.97 Å². The first-order valence-electron chi connectivity index (χ1n) is 8.55. The number of nitrogens with one attached hydrogen (secondary N) is 1. The van der Waals surface area contributed by atoms with Crippen molar-refractivity contribution in [3.63, 3.8) is 0 Å². The Balaban J connectivity index is 1.57. The highest BCUT2D eigenvalue weighted by Crippen LogP contribution is 2.49. The summed E-state index contributed by atoms with van der Waals surface area (Å²) < 4.78 is 0. The highest BCUT2D eigenvalue weighted by Gasteiger charge is 2.51. The van der Waals surface area contributed by atoms with E-state index in [1.165, 1.54) is 32.1 Å². The van der Waals surface area contributed by atoms with E-state index >= 15 is 0 Å². The van der Waals surface area contributed by atoms with Crippen molar-refractivity contribution in [2.24, 2.45) is 29.6 Å². The van der Waals surface area contributed by atoms with Crippen LogP contribution in [0.1, 0.15) is 58.8 Å². The van der Waals surface area contributed by atoms with Crippen molar-refractivity contribution in [3.8, 4) is 0 Å². The van der Waals surface area contributed by atoms with E-state index in [9.17, 15) is 9.90 Å². The number of hydrogen-bond donors (Lipinski definition) is 2. The molecule has 2 bridgehead atoms. The fraction of sp³-hybridized carbons (Fsp3) is 0.941. The van der Waals surface area contributed by atoms with E-state index < -0.39 is 5.97 Å². The fourth-order valence-corrected chi connectivity index (χ4v) is 5.11. The highest BCUT2D eigenvalue weighted by molar-refractivity contribution is 5.72. The minimum atomic E-state index is -0.564. The Morgan fingerprint density at radius 1 is 1.05 bits per heavy atom. The molecule has 0 spiro atoms. The summed E-state index contributed by atoms with van der Waals surface area (Å²) in [7, 11) is 0. The van der Waals surface area contributed by atoms with E-state index in [1.807, 2.05) is 0 Å². The van der Waals surface area contributed by atoms with Crippen molar-refractivity contribution < 1.29 is 9.90 Å². The van der Waals surface area contributed by atoms with Gasteiger partial charge >= 0.3 is 5.97 Å². The molecule has 20 heavy (non-hydrogen) atoms. The first kappa shape index (κ1) is 14.4. The summed E-state index contributed by atoms with van der Waals surface area (Å²) in [6, 6.07) is 0.822. The van der Waals surface area contributed by atoms with Crippen LogP contribution in [0.25, 0.3) is 0 Å². The molecule has 3 nitrogen and oxygen atoms in total. The molecule has 0 aromatic heterocycles. The van der Waals surface area contributed by atoms with Crippen LogP contribution in [0.5, 0.6) is 0 Å². The lowest BCUT2D eigenvalue weighted by Crippen LogP contribution is -2.49. The molecule has 0 saturated heterocycles. The molecule has 3 heteroatoms.